The van der Waals surface area contributed by atoms with Crippen LogP contribution in [-0.2, 0) is 40.8 Å². The lowest BCUT2D eigenvalue weighted by Gasteiger charge is -2.24. The average Bonchev–Trinajstić information content (AvgIpc) is 3.65. The van der Waals surface area contributed by atoms with Crippen molar-refractivity contribution in [2.45, 2.75) is 43.7 Å². The van der Waals surface area contributed by atoms with E-state index in [1.807, 2.05) is 0 Å². The van der Waals surface area contributed by atoms with Crippen LogP contribution in [0.1, 0.15) is 53.1 Å². The van der Waals surface area contributed by atoms with Gasteiger partial charge in [0.2, 0.25) is 15.9 Å². The zero-order chi connectivity index (χ0) is 41.7. The second-order valence-corrected chi connectivity index (χ2v) is 17.7. The molecule has 4 atom stereocenters. The number of carbonyl (C=O) groups excluding carboxylic acids is 1. The van der Waals surface area contributed by atoms with E-state index in [1.54, 1.807) is 6.66 Å². The van der Waals surface area contributed by atoms with Crippen molar-refractivity contribution in [3.8, 4) is 5.69 Å². The third kappa shape index (κ3) is 6.66. The second kappa shape index (κ2) is 14.2. The minimum absolute atomic E-state index is 0.00562. The number of pyridine rings is 1. The van der Waals surface area contributed by atoms with Gasteiger partial charge in [-0.15, -0.1) is 0 Å². The Balaban J connectivity index is 1.33. The molecular formula is C35H28Cl2F6N9O4PS. The molecule has 2 aliphatic carbocycles. The fourth-order valence-corrected chi connectivity index (χ4v) is 10.3. The molecule has 2 unspecified atom stereocenters. The van der Waals surface area contributed by atoms with Crippen LogP contribution in [0.3, 0.4) is 0 Å². The molecule has 6 aromatic rings. The molecule has 2 aliphatic rings. The van der Waals surface area contributed by atoms with E-state index in [0.717, 1.165) is 27.0 Å². The normalized spacial score (nSPS) is 17.7. The van der Waals surface area contributed by atoms with Crippen LogP contribution in [0.25, 0.3) is 27.6 Å². The van der Waals surface area contributed by atoms with Gasteiger partial charge in [0.15, 0.2) is 11.5 Å². The minimum atomic E-state index is -3.89. The maximum Gasteiger partial charge on any atom is 0.293 e. The Bertz CT molecular complexity index is 2870. The molecule has 13 nitrogen and oxygen atoms in total. The number of anilines is 1. The molecule has 0 spiro atoms. The average molecular weight is 887 g/mol. The molecule has 23 heteroatoms. The number of rotatable bonds is 11. The van der Waals surface area contributed by atoms with E-state index in [0.29, 0.717) is 10.7 Å². The first-order valence-electron chi connectivity index (χ1n) is 17.2. The zero-order valence-electron chi connectivity index (χ0n) is 30.1. The van der Waals surface area contributed by atoms with Gasteiger partial charge in [0.25, 0.3) is 17.9 Å². The number of fused-ring (bicyclic) bond motifs is 5. The number of aromatic nitrogens is 7. The Labute approximate surface area is 335 Å². The number of sulfonamides is 1. The summed E-state index contributed by atoms with van der Waals surface area (Å²) in [5.74, 6) is -9.00. The van der Waals surface area contributed by atoms with E-state index in [2.05, 4.69) is 25.5 Å². The number of nitrogens with one attached hydrogen (secondary N) is 1. The van der Waals surface area contributed by atoms with E-state index in [9.17, 15) is 35.6 Å². The van der Waals surface area contributed by atoms with Gasteiger partial charge in [-0.05, 0) is 69.7 Å². The fourth-order valence-electron chi connectivity index (χ4n) is 7.74. The summed E-state index contributed by atoms with van der Waals surface area (Å²) < 4.78 is 118. The molecule has 4 heterocycles. The molecular weight excluding hydrogens is 858 g/mol. The Kier molecular flexibility index (Phi) is 9.80. The molecule has 2 aromatic carbocycles. The molecule has 1 amide bonds. The number of alkyl halides is 4. The highest BCUT2D eigenvalue weighted by atomic mass is 35.5. The molecule has 304 valence electrons. The Hall–Kier alpha value is -4.78. The first-order chi connectivity index (χ1) is 27.3. The minimum Gasteiger partial charge on any atom is -0.344 e. The van der Waals surface area contributed by atoms with Crippen molar-refractivity contribution < 1.29 is 39.6 Å². The van der Waals surface area contributed by atoms with Crippen LogP contribution in [0, 0.1) is 17.6 Å². The van der Waals surface area contributed by atoms with Crippen molar-refractivity contribution in [3.63, 3.8) is 0 Å². The van der Waals surface area contributed by atoms with E-state index < -0.39 is 87.7 Å². The lowest BCUT2D eigenvalue weighted by atomic mass is 10.0. The van der Waals surface area contributed by atoms with Crippen LogP contribution < -0.4 is 15.0 Å². The largest absolute Gasteiger partial charge is 0.344 e. The maximum absolute atomic E-state index is 15.4. The predicted molar refractivity (Wildman–Crippen MR) is 204 cm³/mol. The van der Waals surface area contributed by atoms with Crippen molar-refractivity contribution >= 4 is 75.6 Å². The van der Waals surface area contributed by atoms with Crippen LogP contribution in [0.4, 0.5) is 32.2 Å². The number of aryl methyl sites for hydroxylation is 1. The summed E-state index contributed by atoms with van der Waals surface area (Å²) in [6.45, 7) is 0.612. The number of hydrogen-bond acceptors (Lipinski definition) is 8. The fraction of sp³-hybridized carbons (Fsp3) is 0.314. The highest BCUT2D eigenvalue weighted by molar-refractivity contribution is 7.97. The first-order valence-corrected chi connectivity index (χ1v) is 21.3. The van der Waals surface area contributed by atoms with Crippen molar-refractivity contribution in [1.82, 2.24) is 39.4 Å². The molecule has 1 fully saturated rings. The molecule has 1 N–H and O–H groups in total. The standard InChI is InChI=1S/C35H28Cl2F6N9O4PS/c1-49-28-22(6-5-20(36)26(28)33(48-49)52(57-2)58(3,55)56)51-32(46-31-17(34(51)54)4-7-23(37)45-31)21(10-14-8-15(38)11-16(39)9-14)44-24(53)13-50-29-25(27(47-50)30(40)41)18-12-19(18)35(29,42)43/h4-9,11,18-19,21,30,57H,10,12-13H2,1-3H3,(H,44,53)/t18-,19+,21?/m0/s1. The molecule has 4 aromatic heterocycles. The molecule has 0 saturated heterocycles. The number of carbonyl (C=O) groups is 1. The summed E-state index contributed by atoms with van der Waals surface area (Å²) in [6.07, 6.45) is -2.71. The number of amides is 1. The maximum atomic E-state index is 15.4. The highest BCUT2D eigenvalue weighted by Gasteiger charge is 2.67. The monoisotopic (exact) mass is 885 g/mol. The van der Waals surface area contributed by atoms with Crippen LogP contribution in [0.15, 0.2) is 47.3 Å². The van der Waals surface area contributed by atoms with Gasteiger partial charge in [0.1, 0.15) is 40.5 Å². The lowest BCUT2D eigenvalue weighted by Crippen LogP contribution is -2.38. The van der Waals surface area contributed by atoms with Gasteiger partial charge in [-0.3, -0.25) is 23.5 Å². The topological polar surface area (TPSA) is 150 Å². The highest BCUT2D eigenvalue weighted by Crippen LogP contribution is 2.68. The number of nitrogens with zero attached hydrogens (tertiary/aromatic N) is 8. The molecule has 0 bridgehead atoms. The lowest BCUT2D eigenvalue weighted by molar-refractivity contribution is -0.123. The summed E-state index contributed by atoms with van der Waals surface area (Å²) >= 11 is 12.9. The van der Waals surface area contributed by atoms with E-state index >= 15 is 8.78 Å². The molecule has 8 rings (SSSR count). The van der Waals surface area contributed by atoms with E-state index in [1.165, 1.54) is 36.0 Å². The zero-order valence-corrected chi connectivity index (χ0v) is 33.4. The van der Waals surface area contributed by atoms with Crippen molar-refractivity contribution in [2.75, 3.05) is 17.0 Å². The number of halogens is 8. The van der Waals surface area contributed by atoms with Crippen molar-refractivity contribution in [3.05, 3.63) is 103 Å². The van der Waals surface area contributed by atoms with Gasteiger partial charge in [-0.2, -0.15) is 19.0 Å². The van der Waals surface area contributed by atoms with Crippen LogP contribution in [-0.4, -0.2) is 61.3 Å². The SMILES string of the molecule is CPN(c1nn(C)c2c(-n3c(C(Cc4cc(F)cc(F)c4)NC(=O)Cn4nc(C(F)F)c5c4C(F)(F)[C@@H]4C[C@H]54)nc4nc(Cl)ccc4c3=O)ccc(Cl)c12)S(C)(=O)=O. The summed E-state index contributed by atoms with van der Waals surface area (Å²) in [5, 5.41) is 10.8. The second-order valence-electron chi connectivity index (χ2n) is 13.9. The third-order valence-electron chi connectivity index (χ3n) is 10.1. The van der Waals surface area contributed by atoms with Gasteiger partial charge in [0.05, 0.1) is 39.3 Å². The number of benzene rings is 2. The van der Waals surface area contributed by atoms with Crippen LogP contribution in [0.2, 0.25) is 10.2 Å². The van der Waals surface area contributed by atoms with E-state index in [4.69, 9.17) is 23.2 Å². The van der Waals surface area contributed by atoms with Crippen molar-refractivity contribution in [1.29, 1.82) is 0 Å². The van der Waals surface area contributed by atoms with Gasteiger partial charge in [0, 0.05) is 31.0 Å². The van der Waals surface area contributed by atoms with Gasteiger partial charge >= 0.3 is 0 Å². The molecule has 1 saturated carbocycles. The molecule has 0 aliphatic heterocycles. The Morgan fingerprint density at radius 3 is 2.45 bits per heavy atom. The van der Waals surface area contributed by atoms with Crippen LogP contribution in [0.5, 0.6) is 0 Å². The summed E-state index contributed by atoms with van der Waals surface area (Å²) in [4.78, 5) is 37.4. The Morgan fingerprint density at radius 1 is 1.09 bits per heavy atom. The first kappa shape index (κ1) is 40.0. The number of hydrogen-bond donors (Lipinski definition) is 1. The molecule has 58 heavy (non-hydrogen) atoms. The van der Waals surface area contributed by atoms with Gasteiger partial charge < -0.3 is 5.32 Å². The van der Waals surface area contributed by atoms with Crippen LogP contribution >= 0.6 is 31.9 Å². The molecule has 0 radical (unpaired) electrons. The summed E-state index contributed by atoms with van der Waals surface area (Å²) in [7, 11) is -2.76. The summed E-state index contributed by atoms with van der Waals surface area (Å²) in [6, 6.07) is 6.44. The van der Waals surface area contributed by atoms with Crippen molar-refractivity contribution in [2.24, 2.45) is 13.0 Å². The predicted octanol–water partition coefficient (Wildman–Crippen LogP) is 6.68. The van der Waals surface area contributed by atoms with Gasteiger partial charge in [-0.25, -0.2) is 40.0 Å². The Morgan fingerprint density at radius 2 is 1.79 bits per heavy atom. The third-order valence-corrected chi connectivity index (χ3v) is 13.6. The van der Waals surface area contributed by atoms with E-state index in [-0.39, 0.29) is 75.7 Å². The van der Waals surface area contributed by atoms with Gasteiger partial charge in [-0.1, -0.05) is 23.2 Å². The summed E-state index contributed by atoms with van der Waals surface area (Å²) in [5.41, 5.74) is -2.89. The quantitative estimate of drug-likeness (QED) is 0.0861. The smallest absolute Gasteiger partial charge is 0.293 e.